The minimum atomic E-state index is 0.373. The average molecular weight is 322 g/mol. The molecule has 0 saturated heterocycles. The van der Waals surface area contributed by atoms with Crippen LogP contribution in [0.3, 0.4) is 0 Å². The first-order valence-electron chi connectivity index (χ1n) is 5.36. The highest BCUT2D eigenvalue weighted by atomic mass is 79.9. The van der Waals surface area contributed by atoms with Crippen LogP contribution in [0.1, 0.15) is 11.3 Å². The van der Waals surface area contributed by atoms with Crippen LogP contribution in [0.4, 0.5) is 11.5 Å². The maximum Gasteiger partial charge on any atom is 0.131 e. The van der Waals surface area contributed by atoms with Crippen LogP contribution in [0, 0.1) is 6.92 Å². The second-order valence-electron chi connectivity index (χ2n) is 3.88. The van der Waals surface area contributed by atoms with Gasteiger partial charge >= 0.3 is 0 Å². The Morgan fingerprint density at radius 3 is 2.78 bits per heavy atom. The number of anilines is 2. The molecule has 5 heteroatoms. The highest BCUT2D eigenvalue weighted by molar-refractivity contribution is 9.10. The molecule has 0 saturated carbocycles. The molecule has 0 aliphatic heterocycles. The van der Waals surface area contributed by atoms with Crippen LogP contribution in [-0.2, 0) is 0 Å². The van der Waals surface area contributed by atoms with Crippen molar-refractivity contribution in [2.45, 2.75) is 6.92 Å². The van der Waals surface area contributed by atoms with Crippen LogP contribution in [0.2, 0.25) is 0 Å². The lowest BCUT2D eigenvalue weighted by atomic mass is 10.2. The number of aromatic nitrogens is 1. The Balaban J connectivity index is 2.31. The van der Waals surface area contributed by atoms with Crippen LogP contribution in [0.15, 0.2) is 40.9 Å². The molecule has 0 radical (unpaired) electrons. The van der Waals surface area contributed by atoms with Gasteiger partial charge in [0.1, 0.15) is 10.8 Å². The Morgan fingerprint density at radius 2 is 2.11 bits per heavy atom. The number of hydrogen-bond donors (Lipinski definition) is 2. The SMILES string of the molecule is Cc1cc(C(N)=S)cc(Nc2cccc(Br)c2)n1. The third kappa shape index (κ3) is 3.27. The quantitative estimate of drug-likeness (QED) is 0.849. The molecular weight excluding hydrogens is 310 g/mol. The van der Waals surface area contributed by atoms with Gasteiger partial charge in [0.05, 0.1) is 0 Å². The molecule has 1 aromatic carbocycles. The van der Waals surface area contributed by atoms with Crippen LogP contribution < -0.4 is 11.1 Å². The molecule has 2 aromatic rings. The van der Waals surface area contributed by atoms with Crippen molar-refractivity contribution in [3.8, 4) is 0 Å². The fourth-order valence-electron chi connectivity index (χ4n) is 1.59. The molecule has 0 bridgehead atoms. The predicted molar refractivity (Wildman–Crippen MR) is 82.3 cm³/mol. The van der Waals surface area contributed by atoms with Crippen LogP contribution >= 0.6 is 28.1 Å². The fraction of sp³-hybridized carbons (Fsp3) is 0.0769. The molecule has 0 aliphatic carbocycles. The highest BCUT2D eigenvalue weighted by Crippen LogP contribution is 2.20. The summed E-state index contributed by atoms with van der Waals surface area (Å²) in [4.78, 5) is 4.77. The summed E-state index contributed by atoms with van der Waals surface area (Å²) >= 11 is 8.41. The second-order valence-corrected chi connectivity index (χ2v) is 5.24. The summed E-state index contributed by atoms with van der Waals surface area (Å²) in [6.07, 6.45) is 0. The smallest absolute Gasteiger partial charge is 0.131 e. The minimum absolute atomic E-state index is 0.373. The van der Waals surface area contributed by atoms with Gasteiger partial charge in [-0.1, -0.05) is 34.2 Å². The molecule has 2 rings (SSSR count). The maximum atomic E-state index is 5.64. The molecule has 92 valence electrons. The van der Waals surface area contributed by atoms with E-state index >= 15 is 0 Å². The number of aryl methyl sites for hydroxylation is 1. The van der Waals surface area contributed by atoms with Gasteiger partial charge in [-0.25, -0.2) is 4.98 Å². The number of benzene rings is 1. The lowest BCUT2D eigenvalue weighted by Gasteiger charge is -2.09. The molecule has 3 N–H and O–H groups in total. The van der Waals surface area contributed by atoms with E-state index in [1.807, 2.05) is 43.3 Å². The summed E-state index contributed by atoms with van der Waals surface area (Å²) in [5.74, 6) is 0.732. The summed E-state index contributed by atoms with van der Waals surface area (Å²) in [7, 11) is 0. The first-order valence-corrected chi connectivity index (χ1v) is 6.56. The van der Waals surface area contributed by atoms with Crippen molar-refractivity contribution in [3.05, 3.63) is 52.1 Å². The predicted octanol–water partition coefficient (Wildman–Crippen LogP) is 3.53. The van der Waals surface area contributed by atoms with Crippen molar-refractivity contribution >= 4 is 44.6 Å². The third-order valence-electron chi connectivity index (χ3n) is 2.33. The number of hydrogen-bond acceptors (Lipinski definition) is 3. The van der Waals surface area contributed by atoms with E-state index in [2.05, 4.69) is 26.2 Å². The van der Waals surface area contributed by atoms with E-state index in [1.165, 1.54) is 0 Å². The van der Waals surface area contributed by atoms with E-state index in [9.17, 15) is 0 Å². The van der Waals surface area contributed by atoms with Crippen molar-refractivity contribution in [1.82, 2.24) is 4.98 Å². The normalized spacial score (nSPS) is 10.1. The largest absolute Gasteiger partial charge is 0.389 e. The van der Waals surface area contributed by atoms with Gasteiger partial charge in [-0.15, -0.1) is 0 Å². The lowest BCUT2D eigenvalue weighted by molar-refractivity contribution is 1.19. The van der Waals surface area contributed by atoms with Crippen molar-refractivity contribution < 1.29 is 0 Å². The molecule has 3 nitrogen and oxygen atoms in total. The van der Waals surface area contributed by atoms with Gasteiger partial charge in [-0.05, 0) is 37.3 Å². The van der Waals surface area contributed by atoms with Gasteiger partial charge < -0.3 is 11.1 Å². The Kier molecular flexibility index (Phi) is 3.93. The van der Waals surface area contributed by atoms with Crippen molar-refractivity contribution in [2.75, 3.05) is 5.32 Å². The fourth-order valence-corrected chi connectivity index (χ4v) is 2.11. The van der Waals surface area contributed by atoms with E-state index in [0.717, 1.165) is 27.2 Å². The van der Waals surface area contributed by atoms with Crippen LogP contribution in [0.5, 0.6) is 0 Å². The number of pyridine rings is 1. The van der Waals surface area contributed by atoms with Gasteiger partial charge in [0.2, 0.25) is 0 Å². The Bertz CT molecular complexity index is 599. The second kappa shape index (κ2) is 5.46. The Labute approximate surface area is 120 Å². The van der Waals surface area contributed by atoms with Gasteiger partial charge in [-0.2, -0.15) is 0 Å². The minimum Gasteiger partial charge on any atom is -0.389 e. The molecule has 0 unspecified atom stereocenters. The monoisotopic (exact) mass is 321 g/mol. The van der Waals surface area contributed by atoms with E-state index in [0.29, 0.717) is 4.99 Å². The summed E-state index contributed by atoms with van der Waals surface area (Å²) in [6.45, 7) is 1.91. The number of rotatable bonds is 3. The van der Waals surface area contributed by atoms with E-state index in [1.54, 1.807) is 0 Å². The molecule has 0 amide bonds. The molecule has 0 spiro atoms. The van der Waals surface area contributed by atoms with E-state index < -0.39 is 0 Å². The van der Waals surface area contributed by atoms with Gasteiger partial charge in [0.15, 0.2) is 0 Å². The summed E-state index contributed by atoms with van der Waals surface area (Å²) < 4.78 is 1.01. The average Bonchev–Trinajstić information content (AvgIpc) is 2.28. The number of thiocarbonyl (C=S) groups is 1. The third-order valence-corrected chi connectivity index (χ3v) is 3.06. The molecule has 1 heterocycles. The Hall–Kier alpha value is -1.46. The Morgan fingerprint density at radius 1 is 1.33 bits per heavy atom. The number of nitrogens with zero attached hydrogens (tertiary/aromatic N) is 1. The standard InChI is InChI=1S/C13H12BrN3S/c1-8-5-9(13(15)18)6-12(16-8)17-11-4-2-3-10(14)7-11/h2-7H,1H3,(H2,15,18)(H,16,17). The van der Waals surface area contributed by atoms with Gasteiger partial charge in [-0.3, -0.25) is 0 Å². The van der Waals surface area contributed by atoms with Gasteiger partial charge in [0.25, 0.3) is 0 Å². The number of nitrogens with two attached hydrogens (primary N) is 1. The zero-order chi connectivity index (χ0) is 13.1. The molecule has 0 aliphatic rings. The van der Waals surface area contributed by atoms with E-state index in [4.69, 9.17) is 18.0 Å². The highest BCUT2D eigenvalue weighted by Gasteiger charge is 2.03. The molecule has 0 fully saturated rings. The van der Waals surface area contributed by atoms with Crippen molar-refractivity contribution in [2.24, 2.45) is 5.73 Å². The lowest BCUT2D eigenvalue weighted by Crippen LogP contribution is -2.10. The number of nitrogens with one attached hydrogen (secondary N) is 1. The summed E-state index contributed by atoms with van der Waals surface area (Å²) in [5, 5.41) is 3.22. The molecule has 0 atom stereocenters. The van der Waals surface area contributed by atoms with Crippen molar-refractivity contribution in [1.29, 1.82) is 0 Å². The maximum absolute atomic E-state index is 5.64. The zero-order valence-corrected chi connectivity index (χ0v) is 12.2. The molecular formula is C13H12BrN3S. The van der Waals surface area contributed by atoms with Crippen LogP contribution in [0.25, 0.3) is 0 Å². The first kappa shape index (κ1) is 13.0. The first-order chi connectivity index (χ1) is 8.54. The van der Waals surface area contributed by atoms with E-state index in [-0.39, 0.29) is 0 Å². The van der Waals surface area contributed by atoms with Crippen molar-refractivity contribution in [3.63, 3.8) is 0 Å². The summed E-state index contributed by atoms with van der Waals surface area (Å²) in [5.41, 5.74) is 8.28. The van der Waals surface area contributed by atoms with Gasteiger partial charge in [0, 0.05) is 21.4 Å². The topological polar surface area (TPSA) is 50.9 Å². The molecule has 18 heavy (non-hydrogen) atoms. The molecule has 1 aromatic heterocycles. The number of halogens is 1. The van der Waals surface area contributed by atoms with Crippen LogP contribution in [-0.4, -0.2) is 9.97 Å². The zero-order valence-electron chi connectivity index (χ0n) is 9.77. The summed E-state index contributed by atoms with van der Waals surface area (Å²) in [6, 6.07) is 11.6.